The number of ether oxygens (including phenoxy) is 3. The van der Waals surface area contributed by atoms with Crippen molar-refractivity contribution in [2.45, 2.75) is 52.2 Å². The number of aromatic hydroxyl groups is 2. The summed E-state index contributed by atoms with van der Waals surface area (Å²) < 4.78 is 17.7. The number of rotatable bonds is 4. The quantitative estimate of drug-likeness (QED) is 0.615. The molecule has 1 atom stereocenters. The number of ketones is 1. The lowest BCUT2D eigenvalue weighted by atomic mass is 9.90. The van der Waals surface area contributed by atoms with Gasteiger partial charge in [-0.3, -0.25) is 4.79 Å². The lowest BCUT2D eigenvalue weighted by molar-refractivity contribution is 0.0839. The molecule has 0 fully saturated rings. The predicted molar refractivity (Wildman–Crippen MR) is 122 cm³/mol. The number of phenolic OH excluding ortho intramolecular Hbond substituents is 2. The molecule has 2 aromatic rings. The maximum atomic E-state index is 13.0. The third-order valence-electron chi connectivity index (χ3n) is 5.71. The van der Waals surface area contributed by atoms with Gasteiger partial charge in [-0.1, -0.05) is 17.7 Å². The predicted octanol–water partition coefficient (Wildman–Crippen LogP) is 5.51. The fourth-order valence-electron chi connectivity index (χ4n) is 4.06. The highest BCUT2D eigenvalue weighted by atomic mass is 16.5. The number of fused-ring (bicyclic) bond motifs is 2. The largest absolute Gasteiger partial charge is 0.507 e. The van der Waals surface area contributed by atoms with Gasteiger partial charge in [-0.05, 0) is 46.3 Å². The summed E-state index contributed by atoms with van der Waals surface area (Å²) in [6, 6.07) is 4.80. The van der Waals surface area contributed by atoms with Gasteiger partial charge in [0.15, 0.2) is 5.78 Å². The fourth-order valence-corrected chi connectivity index (χ4v) is 4.06. The fraction of sp³-hybridized carbons (Fsp3) is 0.346. The van der Waals surface area contributed by atoms with E-state index in [0.29, 0.717) is 34.8 Å². The van der Waals surface area contributed by atoms with Crippen LogP contribution < -0.4 is 14.2 Å². The van der Waals surface area contributed by atoms with Gasteiger partial charge in [-0.15, -0.1) is 0 Å². The minimum absolute atomic E-state index is 0.00259. The summed E-state index contributed by atoms with van der Waals surface area (Å²) in [5, 5.41) is 21.2. The number of carbonyl (C=O) groups excluding carboxylic acids is 1. The van der Waals surface area contributed by atoms with Crippen molar-refractivity contribution >= 4 is 11.9 Å². The summed E-state index contributed by atoms with van der Waals surface area (Å²) in [6.45, 7) is 7.84. The molecule has 0 radical (unpaired) electrons. The van der Waals surface area contributed by atoms with Gasteiger partial charge in [-0.25, -0.2) is 0 Å². The van der Waals surface area contributed by atoms with E-state index in [0.717, 1.165) is 11.1 Å². The van der Waals surface area contributed by atoms with Gasteiger partial charge >= 0.3 is 0 Å². The Bertz CT molecular complexity index is 1150. The summed E-state index contributed by atoms with van der Waals surface area (Å²) in [7, 11) is 1.51. The van der Waals surface area contributed by atoms with E-state index in [4.69, 9.17) is 14.2 Å². The summed E-state index contributed by atoms with van der Waals surface area (Å²) in [5.74, 6) is 0.888. The molecule has 1 unspecified atom stereocenters. The molecule has 6 heteroatoms. The molecule has 2 heterocycles. The Hall–Kier alpha value is -3.41. The second kappa shape index (κ2) is 7.93. The Morgan fingerprint density at radius 3 is 2.66 bits per heavy atom. The molecule has 0 aliphatic carbocycles. The molecule has 0 amide bonds. The van der Waals surface area contributed by atoms with E-state index in [1.807, 2.05) is 45.9 Å². The van der Waals surface area contributed by atoms with E-state index in [2.05, 4.69) is 0 Å². The van der Waals surface area contributed by atoms with Crippen LogP contribution in [0, 0.1) is 0 Å². The zero-order valence-corrected chi connectivity index (χ0v) is 19.0. The van der Waals surface area contributed by atoms with Crippen molar-refractivity contribution in [1.82, 2.24) is 0 Å². The SMILES string of the molecule is COc1cc(O)c2c(c1CC=C(C)C)OC(c1cc3c(cc1O)OC(C)(C)C=C3)CC2=O. The van der Waals surface area contributed by atoms with Gasteiger partial charge in [0.25, 0.3) is 0 Å². The van der Waals surface area contributed by atoms with Crippen LogP contribution in [-0.2, 0) is 6.42 Å². The molecule has 2 aliphatic rings. The Labute approximate surface area is 187 Å². The minimum atomic E-state index is -0.708. The number of allylic oxidation sites excluding steroid dienone is 2. The number of carbonyl (C=O) groups is 1. The highest BCUT2D eigenvalue weighted by Gasteiger charge is 2.35. The Morgan fingerprint density at radius 1 is 1.22 bits per heavy atom. The first-order chi connectivity index (χ1) is 15.1. The smallest absolute Gasteiger partial charge is 0.174 e. The maximum Gasteiger partial charge on any atom is 0.174 e. The normalized spacial score (nSPS) is 18.2. The first-order valence-corrected chi connectivity index (χ1v) is 10.6. The third-order valence-corrected chi connectivity index (χ3v) is 5.71. The van der Waals surface area contributed by atoms with Crippen molar-refractivity contribution in [3.8, 4) is 28.7 Å². The van der Waals surface area contributed by atoms with E-state index in [1.54, 1.807) is 12.1 Å². The lowest BCUT2D eigenvalue weighted by Gasteiger charge is -2.31. The van der Waals surface area contributed by atoms with Crippen molar-refractivity contribution in [2.75, 3.05) is 7.11 Å². The molecule has 6 nitrogen and oxygen atoms in total. The second-order valence-corrected chi connectivity index (χ2v) is 8.99. The molecule has 2 aromatic carbocycles. The van der Waals surface area contributed by atoms with Crippen LogP contribution in [-0.4, -0.2) is 28.7 Å². The zero-order chi connectivity index (χ0) is 23.2. The Kier molecular flexibility index (Phi) is 5.41. The van der Waals surface area contributed by atoms with Crippen molar-refractivity contribution in [3.05, 3.63) is 58.2 Å². The molecule has 4 rings (SSSR count). The van der Waals surface area contributed by atoms with Gasteiger partial charge in [0.2, 0.25) is 0 Å². The lowest BCUT2D eigenvalue weighted by Crippen LogP contribution is -2.27. The van der Waals surface area contributed by atoms with Crippen LogP contribution in [0.3, 0.4) is 0 Å². The number of hydrogen-bond acceptors (Lipinski definition) is 6. The molecule has 2 N–H and O–H groups in total. The molecule has 32 heavy (non-hydrogen) atoms. The zero-order valence-electron chi connectivity index (χ0n) is 19.0. The van der Waals surface area contributed by atoms with Gasteiger partial charge in [0.1, 0.15) is 46.0 Å². The maximum absolute atomic E-state index is 13.0. The van der Waals surface area contributed by atoms with Gasteiger partial charge in [0, 0.05) is 28.8 Å². The van der Waals surface area contributed by atoms with Crippen LogP contribution in [0.1, 0.15) is 67.3 Å². The number of hydrogen-bond donors (Lipinski definition) is 2. The number of methoxy groups -OCH3 is 1. The molecule has 168 valence electrons. The molecular formula is C26H28O6. The van der Waals surface area contributed by atoms with Crippen LogP contribution in [0.4, 0.5) is 0 Å². The molecule has 0 saturated carbocycles. The highest BCUT2D eigenvalue weighted by Crippen LogP contribution is 2.48. The van der Waals surface area contributed by atoms with Gasteiger partial charge in [-0.2, -0.15) is 0 Å². The van der Waals surface area contributed by atoms with Crippen molar-refractivity contribution in [2.24, 2.45) is 0 Å². The average molecular weight is 437 g/mol. The standard InChI is InChI=1S/C26H28O6/c1-14(2)6-7-16-22(30-5)12-19(28)24-20(29)13-23(31-25(16)24)17-10-15-8-9-26(3,4)32-21(15)11-18(17)27/h6,8-12,23,27-28H,7,13H2,1-5H3. The number of benzene rings is 2. The Balaban J connectivity index is 1.79. The minimum Gasteiger partial charge on any atom is -0.507 e. The van der Waals surface area contributed by atoms with Crippen molar-refractivity contribution < 1.29 is 29.2 Å². The average Bonchev–Trinajstić information content (AvgIpc) is 2.71. The Morgan fingerprint density at radius 2 is 1.97 bits per heavy atom. The van der Waals surface area contributed by atoms with Gasteiger partial charge in [0.05, 0.1) is 13.5 Å². The van der Waals surface area contributed by atoms with Crippen molar-refractivity contribution in [1.29, 1.82) is 0 Å². The molecule has 0 aromatic heterocycles. The summed E-state index contributed by atoms with van der Waals surface area (Å²) in [4.78, 5) is 13.0. The van der Waals surface area contributed by atoms with Crippen LogP contribution in [0.2, 0.25) is 0 Å². The molecule has 0 saturated heterocycles. The van der Waals surface area contributed by atoms with E-state index < -0.39 is 11.7 Å². The van der Waals surface area contributed by atoms with E-state index in [1.165, 1.54) is 13.2 Å². The second-order valence-electron chi connectivity index (χ2n) is 8.99. The molecule has 2 aliphatic heterocycles. The van der Waals surface area contributed by atoms with Crippen LogP contribution in [0.5, 0.6) is 28.7 Å². The van der Waals surface area contributed by atoms with E-state index >= 15 is 0 Å². The number of Topliss-reactive ketones (excluding diaryl/α,β-unsaturated/α-hetero) is 1. The highest BCUT2D eigenvalue weighted by molar-refractivity contribution is 6.03. The summed E-state index contributed by atoms with van der Waals surface area (Å²) >= 11 is 0. The van der Waals surface area contributed by atoms with Gasteiger partial charge < -0.3 is 24.4 Å². The monoisotopic (exact) mass is 436 g/mol. The third kappa shape index (κ3) is 3.93. The first-order valence-electron chi connectivity index (χ1n) is 10.6. The summed E-state index contributed by atoms with van der Waals surface area (Å²) in [6.07, 6.45) is 5.66. The molecule has 0 bridgehead atoms. The summed E-state index contributed by atoms with van der Waals surface area (Å²) in [5.41, 5.74) is 2.77. The van der Waals surface area contributed by atoms with Crippen LogP contribution >= 0.6 is 0 Å². The van der Waals surface area contributed by atoms with E-state index in [-0.39, 0.29) is 29.3 Å². The van der Waals surface area contributed by atoms with Crippen LogP contribution in [0.15, 0.2) is 35.9 Å². The van der Waals surface area contributed by atoms with Crippen LogP contribution in [0.25, 0.3) is 6.08 Å². The van der Waals surface area contributed by atoms with E-state index in [9.17, 15) is 15.0 Å². The topological polar surface area (TPSA) is 85.2 Å². The van der Waals surface area contributed by atoms with Crippen molar-refractivity contribution in [3.63, 3.8) is 0 Å². The molecule has 0 spiro atoms. The molecular weight excluding hydrogens is 408 g/mol. The first kappa shape index (κ1) is 21.8. The number of phenols is 2.